The summed E-state index contributed by atoms with van der Waals surface area (Å²) >= 11 is 0. The highest BCUT2D eigenvalue weighted by Gasteiger charge is 2.21. The van der Waals surface area contributed by atoms with E-state index >= 15 is 0 Å². The van der Waals surface area contributed by atoms with Gasteiger partial charge in [-0.15, -0.1) is 0 Å². The number of hydrogen-bond donors (Lipinski definition) is 0. The van der Waals surface area contributed by atoms with Crippen molar-refractivity contribution < 1.29 is 14.3 Å². The number of carbonyl (C=O) groups excluding carboxylic acids is 1. The SMILES string of the molecule is CCCOc1ccc(/C=C/C(=O)N2CCN(c3cc(C)nc(C(C)C)n3)CC2)cc1OCC. The molecule has 7 nitrogen and oxygen atoms in total. The second-order valence-electron chi connectivity index (χ2n) is 8.51. The van der Waals surface area contributed by atoms with Gasteiger partial charge in [0.25, 0.3) is 0 Å². The van der Waals surface area contributed by atoms with Crippen LogP contribution >= 0.6 is 0 Å². The standard InChI is InChI=1S/C26H36N4O3/c1-6-16-33-22-10-8-21(18-23(22)32-7-2)9-11-25(31)30-14-12-29(13-15-30)24-17-20(5)27-26(28-24)19(3)4/h8-11,17-19H,6-7,12-16H2,1-5H3/b11-9+. The first-order valence-electron chi connectivity index (χ1n) is 11.9. The quantitative estimate of drug-likeness (QED) is 0.524. The molecule has 0 spiro atoms. The number of aromatic nitrogens is 2. The average molecular weight is 453 g/mol. The minimum atomic E-state index is 0.0145. The Bertz CT molecular complexity index is 966. The van der Waals surface area contributed by atoms with Gasteiger partial charge < -0.3 is 19.3 Å². The summed E-state index contributed by atoms with van der Waals surface area (Å²) in [4.78, 5) is 26.1. The largest absolute Gasteiger partial charge is 0.490 e. The van der Waals surface area contributed by atoms with Gasteiger partial charge in [-0.1, -0.05) is 26.8 Å². The van der Waals surface area contributed by atoms with Crippen LogP contribution in [0.5, 0.6) is 11.5 Å². The first-order chi connectivity index (χ1) is 15.9. The molecule has 7 heteroatoms. The molecule has 1 fully saturated rings. The monoisotopic (exact) mass is 452 g/mol. The fraction of sp³-hybridized carbons (Fsp3) is 0.500. The lowest BCUT2D eigenvalue weighted by atomic mass is 10.1. The van der Waals surface area contributed by atoms with Crippen molar-refractivity contribution >= 4 is 17.8 Å². The van der Waals surface area contributed by atoms with E-state index in [9.17, 15) is 4.79 Å². The number of rotatable bonds is 9. The van der Waals surface area contributed by atoms with Gasteiger partial charge in [0.15, 0.2) is 11.5 Å². The van der Waals surface area contributed by atoms with Gasteiger partial charge in [0.1, 0.15) is 11.6 Å². The van der Waals surface area contributed by atoms with E-state index in [4.69, 9.17) is 14.5 Å². The number of anilines is 1. The average Bonchev–Trinajstić information content (AvgIpc) is 2.81. The smallest absolute Gasteiger partial charge is 0.246 e. The van der Waals surface area contributed by atoms with Gasteiger partial charge in [-0.2, -0.15) is 0 Å². The number of ether oxygens (including phenoxy) is 2. The van der Waals surface area contributed by atoms with Crippen LogP contribution in [-0.2, 0) is 4.79 Å². The first kappa shape index (κ1) is 24.6. The Morgan fingerprint density at radius 1 is 1.06 bits per heavy atom. The number of amides is 1. The molecule has 0 atom stereocenters. The molecule has 1 saturated heterocycles. The molecule has 2 aromatic rings. The topological polar surface area (TPSA) is 67.8 Å². The van der Waals surface area contributed by atoms with Crippen molar-refractivity contribution in [2.24, 2.45) is 0 Å². The molecule has 1 aliphatic heterocycles. The van der Waals surface area contributed by atoms with Gasteiger partial charge in [0.2, 0.25) is 5.91 Å². The summed E-state index contributed by atoms with van der Waals surface area (Å²) in [5.41, 5.74) is 1.88. The summed E-state index contributed by atoms with van der Waals surface area (Å²) in [6.07, 6.45) is 4.41. The van der Waals surface area contributed by atoms with Crippen molar-refractivity contribution in [3.05, 3.63) is 47.4 Å². The van der Waals surface area contributed by atoms with Crippen LogP contribution in [0.3, 0.4) is 0 Å². The number of nitrogens with zero attached hydrogens (tertiary/aromatic N) is 4. The zero-order valence-electron chi connectivity index (χ0n) is 20.5. The van der Waals surface area contributed by atoms with Crippen LogP contribution in [0.25, 0.3) is 6.08 Å². The Balaban J connectivity index is 1.60. The predicted molar refractivity (Wildman–Crippen MR) is 132 cm³/mol. The van der Waals surface area contributed by atoms with Crippen LogP contribution < -0.4 is 14.4 Å². The molecule has 0 unspecified atom stereocenters. The maximum Gasteiger partial charge on any atom is 0.246 e. The molecule has 0 N–H and O–H groups in total. The van der Waals surface area contributed by atoms with E-state index in [1.165, 1.54) is 0 Å². The van der Waals surface area contributed by atoms with E-state index < -0.39 is 0 Å². The zero-order chi connectivity index (χ0) is 23.8. The molecular weight excluding hydrogens is 416 g/mol. The van der Waals surface area contributed by atoms with Crippen molar-refractivity contribution in [3.8, 4) is 11.5 Å². The summed E-state index contributed by atoms with van der Waals surface area (Å²) in [5, 5.41) is 0. The summed E-state index contributed by atoms with van der Waals surface area (Å²) < 4.78 is 11.5. The van der Waals surface area contributed by atoms with Crippen molar-refractivity contribution in [3.63, 3.8) is 0 Å². The highest BCUT2D eigenvalue weighted by Crippen LogP contribution is 2.29. The molecule has 3 rings (SSSR count). The molecule has 1 aromatic heterocycles. The summed E-state index contributed by atoms with van der Waals surface area (Å²) in [5.74, 6) is 3.55. The maximum atomic E-state index is 12.8. The third kappa shape index (κ3) is 6.70. The van der Waals surface area contributed by atoms with Crippen LogP contribution in [0.15, 0.2) is 30.3 Å². The molecule has 0 bridgehead atoms. The maximum absolute atomic E-state index is 12.8. The van der Waals surface area contributed by atoms with Crippen molar-refractivity contribution in [1.82, 2.24) is 14.9 Å². The van der Waals surface area contributed by atoms with E-state index in [1.807, 2.05) is 49.1 Å². The van der Waals surface area contributed by atoms with Crippen LogP contribution in [0, 0.1) is 6.92 Å². The van der Waals surface area contributed by atoms with Crippen LogP contribution in [0.1, 0.15) is 57.1 Å². The van der Waals surface area contributed by atoms with E-state index in [1.54, 1.807) is 6.08 Å². The molecule has 0 radical (unpaired) electrons. The highest BCUT2D eigenvalue weighted by atomic mass is 16.5. The van der Waals surface area contributed by atoms with Gasteiger partial charge in [-0.3, -0.25) is 4.79 Å². The summed E-state index contributed by atoms with van der Waals surface area (Å²) in [6, 6.07) is 7.78. The minimum Gasteiger partial charge on any atom is -0.490 e. The first-order valence-corrected chi connectivity index (χ1v) is 11.9. The molecule has 1 aliphatic rings. The highest BCUT2D eigenvalue weighted by molar-refractivity contribution is 5.92. The Morgan fingerprint density at radius 2 is 1.82 bits per heavy atom. The zero-order valence-corrected chi connectivity index (χ0v) is 20.5. The number of piperazine rings is 1. The van der Waals surface area contributed by atoms with Gasteiger partial charge in [0, 0.05) is 49.9 Å². The Labute approximate surface area is 197 Å². The van der Waals surface area contributed by atoms with E-state index in [2.05, 4.69) is 30.7 Å². The summed E-state index contributed by atoms with van der Waals surface area (Å²) in [6.45, 7) is 14.3. The summed E-state index contributed by atoms with van der Waals surface area (Å²) in [7, 11) is 0. The lowest BCUT2D eigenvalue weighted by Gasteiger charge is -2.35. The van der Waals surface area contributed by atoms with Crippen LogP contribution in [0.4, 0.5) is 5.82 Å². The molecule has 33 heavy (non-hydrogen) atoms. The van der Waals surface area contributed by atoms with E-state index in [-0.39, 0.29) is 11.8 Å². The Hall–Kier alpha value is -3.09. The number of hydrogen-bond acceptors (Lipinski definition) is 6. The van der Waals surface area contributed by atoms with E-state index in [0.717, 1.165) is 48.2 Å². The van der Waals surface area contributed by atoms with Gasteiger partial charge in [-0.05, 0) is 44.0 Å². The van der Waals surface area contributed by atoms with Crippen molar-refractivity contribution in [2.75, 3.05) is 44.3 Å². The Morgan fingerprint density at radius 3 is 2.48 bits per heavy atom. The number of benzene rings is 1. The lowest BCUT2D eigenvalue weighted by Crippen LogP contribution is -2.48. The molecule has 1 amide bonds. The van der Waals surface area contributed by atoms with Gasteiger partial charge in [-0.25, -0.2) is 9.97 Å². The van der Waals surface area contributed by atoms with Gasteiger partial charge >= 0.3 is 0 Å². The fourth-order valence-corrected chi connectivity index (χ4v) is 3.65. The second-order valence-corrected chi connectivity index (χ2v) is 8.51. The normalized spacial score (nSPS) is 14.2. The Kier molecular flexibility index (Phi) is 8.69. The minimum absolute atomic E-state index is 0.0145. The second kappa shape index (κ2) is 11.7. The lowest BCUT2D eigenvalue weighted by molar-refractivity contribution is -0.126. The van der Waals surface area contributed by atoms with Crippen molar-refractivity contribution in [2.45, 2.75) is 47.0 Å². The van der Waals surface area contributed by atoms with E-state index in [0.29, 0.717) is 32.1 Å². The molecule has 178 valence electrons. The third-order valence-corrected chi connectivity index (χ3v) is 5.44. The molecule has 1 aromatic carbocycles. The molecule has 0 saturated carbocycles. The molecule has 2 heterocycles. The third-order valence-electron chi connectivity index (χ3n) is 5.44. The molecular formula is C26H36N4O3. The van der Waals surface area contributed by atoms with Crippen LogP contribution in [-0.4, -0.2) is 60.2 Å². The number of carbonyl (C=O) groups is 1. The number of aryl methyl sites for hydroxylation is 1. The fourth-order valence-electron chi connectivity index (χ4n) is 3.65. The predicted octanol–water partition coefficient (Wildman–Crippen LogP) is 4.46. The molecule has 0 aliphatic carbocycles. The van der Waals surface area contributed by atoms with Crippen LogP contribution in [0.2, 0.25) is 0 Å². The van der Waals surface area contributed by atoms with Gasteiger partial charge in [0.05, 0.1) is 13.2 Å². The van der Waals surface area contributed by atoms with Crippen molar-refractivity contribution in [1.29, 1.82) is 0 Å².